The first-order valence-electron chi connectivity index (χ1n) is 8.25. The lowest BCUT2D eigenvalue weighted by molar-refractivity contribution is 0.0954. The van der Waals surface area contributed by atoms with Crippen LogP contribution in [0.4, 0.5) is 4.39 Å². The number of ether oxygens (including phenoxy) is 2. The van der Waals surface area contributed by atoms with Crippen LogP contribution in [0.25, 0.3) is 10.6 Å². The second-order valence-corrected chi connectivity index (χ2v) is 6.77. The van der Waals surface area contributed by atoms with Crippen LogP contribution in [-0.2, 0) is 6.54 Å². The number of para-hydroxylation sites is 1. The summed E-state index contributed by atoms with van der Waals surface area (Å²) in [6.07, 6.45) is 0. The average molecular weight is 386 g/mol. The zero-order chi connectivity index (χ0) is 19.4. The molecule has 1 N–H and O–H groups in total. The highest BCUT2D eigenvalue weighted by molar-refractivity contribution is 7.17. The van der Waals surface area contributed by atoms with Gasteiger partial charge in [0.25, 0.3) is 5.91 Å². The minimum absolute atomic E-state index is 0.219. The summed E-state index contributed by atoms with van der Waals surface area (Å²) in [5.41, 5.74) is 2.22. The van der Waals surface area contributed by atoms with Crippen LogP contribution >= 0.6 is 11.3 Å². The number of benzene rings is 2. The lowest BCUT2D eigenvalue weighted by Gasteiger charge is -2.13. The van der Waals surface area contributed by atoms with E-state index in [1.807, 2.05) is 12.1 Å². The van der Waals surface area contributed by atoms with Gasteiger partial charge in [0.05, 0.1) is 19.9 Å². The van der Waals surface area contributed by atoms with Crippen molar-refractivity contribution in [2.45, 2.75) is 13.5 Å². The van der Waals surface area contributed by atoms with Gasteiger partial charge < -0.3 is 14.8 Å². The number of hydrogen-bond acceptors (Lipinski definition) is 5. The standard InChI is InChI=1S/C20H19FN2O3S/c1-12-18(27-20(23-12)13-7-9-15(21)10-8-13)19(24)22-11-14-5-4-6-16(25-2)17(14)26-3/h4-10H,11H2,1-3H3,(H,22,24). The summed E-state index contributed by atoms with van der Waals surface area (Å²) in [5, 5.41) is 3.57. The number of thiazole rings is 1. The predicted octanol–water partition coefficient (Wildman–Crippen LogP) is 4.20. The van der Waals surface area contributed by atoms with Crippen LogP contribution < -0.4 is 14.8 Å². The van der Waals surface area contributed by atoms with Crippen molar-refractivity contribution in [1.29, 1.82) is 0 Å². The molecule has 0 radical (unpaired) electrons. The summed E-state index contributed by atoms with van der Waals surface area (Å²) in [6.45, 7) is 2.08. The van der Waals surface area contributed by atoms with Crippen molar-refractivity contribution in [2.24, 2.45) is 0 Å². The van der Waals surface area contributed by atoms with Gasteiger partial charge in [0.2, 0.25) is 0 Å². The molecule has 0 unspecified atom stereocenters. The molecule has 1 amide bonds. The van der Waals surface area contributed by atoms with E-state index < -0.39 is 0 Å². The summed E-state index contributed by atoms with van der Waals surface area (Å²) in [4.78, 5) is 17.6. The van der Waals surface area contributed by atoms with Gasteiger partial charge >= 0.3 is 0 Å². The summed E-state index contributed by atoms with van der Waals surface area (Å²) in [6, 6.07) is 11.6. The molecular weight excluding hydrogens is 367 g/mol. The molecule has 0 atom stereocenters. The van der Waals surface area contributed by atoms with Crippen LogP contribution in [0.1, 0.15) is 20.9 Å². The van der Waals surface area contributed by atoms with Gasteiger partial charge in [-0.15, -0.1) is 11.3 Å². The first-order chi connectivity index (χ1) is 13.0. The Morgan fingerprint density at radius 1 is 1.15 bits per heavy atom. The van der Waals surface area contributed by atoms with Gasteiger partial charge in [0.1, 0.15) is 15.7 Å². The van der Waals surface area contributed by atoms with Gasteiger partial charge in [-0.3, -0.25) is 4.79 Å². The van der Waals surface area contributed by atoms with Gasteiger partial charge in [-0.25, -0.2) is 9.37 Å². The highest BCUT2D eigenvalue weighted by Gasteiger charge is 2.17. The van der Waals surface area contributed by atoms with Crippen LogP contribution in [0.2, 0.25) is 0 Å². The van der Waals surface area contributed by atoms with E-state index in [4.69, 9.17) is 9.47 Å². The molecule has 0 spiro atoms. The zero-order valence-corrected chi connectivity index (χ0v) is 16.0. The lowest BCUT2D eigenvalue weighted by Crippen LogP contribution is -2.23. The first-order valence-corrected chi connectivity index (χ1v) is 9.06. The summed E-state index contributed by atoms with van der Waals surface area (Å²) in [7, 11) is 3.13. The number of methoxy groups -OCH3 is 2. The van der Waals surface area contributed by atoms with Gasteiger partial charge in [0.15, 0.2) is 11.5 Å². The Morgan fingerprint density at radius 3 is 2.56 bits per heavy atom. The number of nitrogens with zero attached hydrogens (tertiary/aromatic N) is 1. The molecule has 0 aliphatic heterocycles. The monoisotopic (exact) mass is 386 g/mol. The van der Waals surface area contributed by atoms with Crippen molar-refractivity contribution >= 4 is 17.2 Å². The van der Waals surface area contributed by atoms with Crippen LogP contribution in [0, 0.1) is 12.7 Å². The molecule has 2 aromatic carbocycles. The average Bonchev–Trinajstić information content (AvgIpc) is 3.07. The van der Waals surface area contributed by atoms with E-state index in [0.29, 0.717) is 33.6 Å². The Labute approximate surface area is 160 Å². The normalized spacial score (nSPS) is 10.5. The number of amides is 1. The third-order valence-corrected chi connectivity index (χ3v) is 5.22. The molecule has 3 rings (SSSR count). The fourth-order valence-corrected chi connectivity index (χ4v) is 3.66. The first kappa shape index (κ1) is 18.8. The highest BCUT2D eigenvalue weighted by Crippen LogP contribution is 2.31. The van der Waals surface area contributed by atoms with E-state index in [2.05, 4.69) is 10.3 Å². The Morgan fingerprint density at radius 2 is 1.89 bits per heavy atom. The van der Waals surface area contributed by atoms with Crippen LogP contribution in [0.15, 0.2) is 42.5 Å². The minimum Gasteiger partial charge on any atom is -0.493 e. The molecule has 1 heterocycles. The molecule has 27 heavy (non-hydrogen) atoms. The van der Waals surface area contributed by atoms with E-state index in [-0.39, 0.29) is 11.7 Å². The maximum atomic E-state index is 13.1. The van der Waals surface area contributed by atoms with E-state index in [9.17, 15) is 9.18 Å². The molecule has 5 nitrogen and oxygen atoms in total. The Bertz CT molecular complexity index is 954. The fourth-order valence-electron chi connectivity index (χ4n) is 2.67. The maximum absolute atomic E-state index is 13.1. The molecule has 0 saturated heterocycles. The number of aryl methyl sites for hydroxylation is 1. The van der Waals surface area contributed by atoms with Crippen molar-refractivity contribution in [1.82, 2.24) is 10.3 Å². The minimum atomic E-state index is -0.308. The molecule has 7 heteroatoms. The van der Waals surface area contributed by atoms with Crippen LogP contribution in [0.5, 0.6) is 11.5 Å². The lowest BCUT2D eigenvalue weighted by atomic mass is 10.2. The number of hydrogen-bond donors (Lipinski definition) is 1. The number of halogens is 1. The second-order valence-electron chi connectivity index (χ2n) is 5.78. The Kier molecular flexibility index (Phi) is 5.71. The Balaban J connectivity index is 1.77. The fraction of sp³-hybridized carbons (Fsp3) is 0.200. The molecular formula is C20H19FN2O3S. The summed E-state index contributed by atoms with van der Waals surface area (Å²) >= 11 is 1.28. The third-order valence-electron chi connectivity index (χ3n) is 4.02. The summed E-state index contributed by atoms with van der Waals surface area (Å²) < 4.78 is 23.8. The third kappa shape index (κ3) is 4.09. The predicted molar refractivity (Wildman–Crippen MR) is 103 cm³/mol. The number of carbonyl (C=O) groups excluding carboxylic acids is 1. The quantitative estimate of drug-likeness (QED) is 0.690. The number of rotatable bonds is 6. The number of nitrogens with one attached hydrogen (secondary N) is 1. The van der Waals surface area contributed by atoms with Crippen LogP contribution in [-0.4, -0.2) is 25.1 Å². The van der Waals surface area contributed by atoms with E-state index in [0.717, 1.165) is 11.1 Å². The molecule has 0 saturated carbocycles. The number of aromatic nitrogens is 1. The van der Waals surface area contributed by atoms with E-state index >= 15 is 0 Å². The van der Waals surface area contributed by atoms with Crippen molar-refractivity contribution in [3.63, 3.8) is 0 Å². The van der Waals surface area contributed by atoms with Crippen molar-refractivity contribution in [2.75, 3.05) is 14.2 Å². The van der Waals surface area contributed by atoms with Crippen molar-refractivity contribution < 1.29 is 18.7 Å². The molecule has 3 aromatic rings. The summed E-state index contributed by atoms with van der Waals surface area (Å²) in [5.74, 6) is 0.672. The second kappa shape index (κ2) is 8.18. The molecule has 140 valence electrons. The molecule has 1 aromatic heterocycles. The van der Waals surface area contributed by atoms with Gasteiger partial charge in [-0.2, -0.15) is 0 Å². The van der Waals surface area contributed by atoms with E-state index in [1.54, 1.807) is 39.3 Å². The highest BCUT2D eigenvalue weighted by atomic mass is 32.1. The molecule has 0 aliphatic rings. The maximum Gasteiger partial charge on any atom is 0.263 e. The van der Waals surface area contributed by atoms with Crippen molar-refractivity contribution in [3.8, 4) is 22.1 Å². The molecule has 0 bridgehead atoms. The van der Waals surface area contributed by atoms with Gasteiger partial charge in [-0.1, -0.05) is 12.1 Å². The smallest absolute Gasteiger partial charge is 0.263 e. The number of carbonyl (C=O) groups is 1. The molecule has 0 aliphatic carbocycles. The largest absolute Gasteiger partial charge is 0.493 e. The van der Waals surface area contributed by atoms with Gasteiger partial charge in [-0.05, 0) is 37.3 Å². The Hall–Kier alpha value is -2.93. The van der Waals surface area contributed by atoms with Crippen LogP contribution in [0.3, 0.4) is 0 Å². The topological polar surface area (TPSA) is 60.5 Å². The SMILES string of the molecule is COc1cccc(CNC(=O)c2sc(-c3ccc(F)cc3)nc2C)c1OC. The van der Waals surface area contributed by atoms with Gasteiger partial charge in [0, 0.05) is 17.7 Å². The van der Waals surface area contributed by atoms with E-state index in [1.165, 1.54) is 23.5 Å². The molecule has 0 fully saturated rings. The van der Waals surface area contributed by atoms with Crippen molar-refractivity contribution in [3.05, 3.63) is 64.4 Å². The zero-order valence-electron chi connectivity index (χ0n) is 15.2.